The monoisotopic (exact) mass is 362 g/mol. The van der Waals surface area contributed by atoms with Crippen molar-refractivity contribution in [3.05, 3.63) is 23.8 Å². The number of carbonyl (C=O) groups is 2. The standard InChI is InChI=1S/C19H30N4O3/c1-12(2)7-18(25)20-14-6-5-13(3)17(9-14)22-19(26)21-15-8-16(11-24)23(4)10-15/h5-6,9,12,15-16,24H,7-8,10-11H2,1-4H3,(H,20,25)(H2,21,22,26)/t15-,16+/m1/s1. The molecule has 1 aromatic carbocycles. The first kappa shape index (κ1) is 20.2. The number of hydrogen-bond acceptors (Lipinski definition) is 4. The second kappa shape index (κ2) is 9.00. The van der Waals surface area contributed by atoms with Crippen molar-refractivity contribution in [1.82, 2.24) is 10.2 Å². The van der Waals surface area contributed by atoms with E-state index in [4.69, 9.17) is 0 Å². The molecule has 0 radical (unpaired) electrons. The second-order valence-corrected chi connectivity index (χ2v) is 7.48. The number of urea groups is 1. The molecule has 2 rings (SSSR count). The number of carbonyl (C=O) groups excluding carboxylic acids is 2. The molecular formula is C19H30N4O3. The van der Waals surface area contributed by atoms with Crippen LogP contribution >= 0.6 is 0 Å². The van der Waals surface area contributed by atoms with E-state index in [1.807, 2.05) is 44.9 Å². The lowest BCUT2D eigenvalue weighted by molar-refractivity contribution is -0.116. The molecule has 0 aliphatic carbocycles. The molecule has 0 aromatic heterocycles. The van der Waals surface area contributed by atoms with Gasteiger partial charge in [-0.2, -0.15) is 0 Å². The molecule has 1 fully saturated rings. The average molecular weight is 362 g/mol. The van der Waals surface area contributed by atoms with E-state index in [9.17, 15) is 14.7 Å². The first-order valence-electron chi connectivity index (χ1n) is 9.07. The van der Waals surface area contributed by atoms with Crippen LogP contribution in [0.15, 0.2) is 18.2 Å². The van der Waals surface area contributed by atoms with Crippen molar-refractivity contribution >= 4 is 23.3 Å². The van der Waals surface area contributed by atoms with Gasteiger partial charge in [0.05, 0.1) is 6.61 Å². The fraction of sp³-hybridized carbons (Fsp3) is 0.579. The smallest absolute Gasteiger partial charge is 0.319 e. The zero-order valence-electron chi connectivity index (χ0n) is 16.0. The summed E-state index contributed by atoms with van der Waals surface area (Å²) in [4.78, 5) is 26.3. The summed E-state index contributed by atoms with van der Waals surface area (Å²) in [5.41, 5.74) is 2.24. The van der Waals surface area contributed by atoms with Crippen LogP contribution in [-0.4, -0.2) is 54.2 Å². The minimum atomic E-state index is -0.282. The summed E-state index contributed by atoms with van der Waals surface area (Å²) in [7, 11) is 1.94. The third-order valence-corrected chi connectivity index (χ3v) is 4.60. The Bertz CT molecular complexity index is 648. The van der Waals surface area contributed by atoms with Crippen LogP contribution in [0.5, 0.6) is 0 Å². The lowest BCUT2D eigenvalue weighted by atomic mass is 10.1. The van der Waals surface area contributed by atoms with Crippen molar-refractivity contribution in [1.29, 1.82) is 0 Å². The summed E-state index contributed by atoms with van der Waals surface area (Å²) in [6, 6.07) is 5.27. The molecule has 1 aromatic rings. The largest absolute Gasteiger partial charge is 0.395 e. The zero-order chi connectivity index (χ0) is 19.3. The number of nitrogens with one attached hydrogen (secondary N) is 3. The number of hydrogen-bond donors (Lipinski definition) is 4. The predicted molar refractivity (Wildman–Crippen MR) is 103 cm³/mol. The topological polar surface area (TPSA) is 93.7 Å². The number of anilines is 2. The second-order valence-electron chi connectivity index (χ2n) is 7.48. The number of aliphatic hydroxyl groups excluding tert-OH is 1. The summed E-state index contributed by atoms with van der Waals surface area (Å²) in [5.74, 6) is 0.249. The van der Waals surface area contributed by atoms with Crippen molar-refractivity contribution < 1.29 is 14.7 Å². The molecule has 1 saturated heterocycles. The van der Waals surface area contributed by atoms with E-state index in [2.05, 4.69) is 16.0 Å². The summed E-state index contributed by atoms with van der Waals surface area (Å²) < 4.78 is 0. The highest BCUT2D eigenvalue weighted by molar-refractivity contribution is 5.94. The highest BCUT2D eigenvalue weighted by atomic mass is 16.3. The van der Waals surface area contributed by atoms with Gasteiger partial charge in [0, 0.05) is 36.4 Å². The Morgan fingerprint density at radius 3 is 2.65 bits per heavy atom. The predicted octanol–water partition coefficient (Wildman–Crippen LogP) is 2.17. The number of nitrogens with zero attached hydrogens (tertiary/aromatic N) is 1. The molecule has 1 aliphatic rings. The lowest BCUT2D eigenvalue weighted by Gasteiger charge is -2.16. The van der Waals surface area contributed by atoms with Gasteiger partial charge >= 0.3 is 6.03 Å². The molecule has 7 nitrogen and oxygen atoms in total. The van der Waals surface area contributed by atoms with Gasteiger partial charge in [0.25, 0.3) is 0 Å². The Morgan fingerprint density at radius 2 is 2.04 bits per heavy atom. The minimum Gasteiger partial charge on any atom is -0.395 e. The Kier molecular flexibility index (Phi) is 6.99. The van der Waals surface area contributed by atoms with E-state index in [1.54, 1.807) is 6.07 Å². The number of amides is 3. The van der Waals surface area contributed by atoms with Crippen molar-refractivity contribution in [2.24, 2.45) is 5.92 Å². The van der Waals surface area contributed by atoms with Gasteiger partial charge in [-0.25, -0.2) is 4.79 Å². The van der Waals surface area contributed by atoms with Crippen molar-refractivity contribution in [3.63, 3.8) is 0 Å². The molecular weight excluding hydrogens is 332 g/mol. The number of likely N-dealkylation sites (tertiary alicyclic amines) is 1. The lowest BCUT2D eigenvalue weighted by Crippen LogP contribution is -2.39. The number of rotatable bonds is 6. The van der Waals surface area contributed by atoms with Gasteiger partial charge < -0.3 is 21.1 Å². The van der Waals surface area contributed by atoms with Gasteiger partial charge in [0.2, 0.25) is 5.91 Å². The first-order valence-corrected chi connectivity index (χ1v) is 9.07. The Hall–Kier alpha value is -2.12. The molecule has 0 bridgehead atoms. The molecule has 0 unspecified atom stereocenters. The quantitative estimate of drug-likeness (QED) is 0.624. The Labute approximate surface area is 155 Å². The van der Waals surface area contributed by atoms with E-state index in [0.717, 1.165) is 12.0 Å². The Morgan fingerprint density at radius 1 is 1.31 bits per heavy atom. The molecule has 0 spiro atoms. The molecule has 4 N–H and O–H groups in total. The van der Waals surface area contributed by atoms with E-state index in [-0.39, 0.29) is 36.5 Å². The van der Waals surface area contributed by atoms with Gasteiger partial charge in [-0.05, 0) is 44.0 Å². The van der Waals surface area contributed by atoms with Gasteiger partial charge in [0.1, 0.15) is 0 Å². The van der Waals surface area contributed by atoms with Crippen molar-refractivity contribution in [2.75, 3.05) is 30.8 Å². The summed E-state index contributed by atoms with van der Waals surface area (Å²) in [6.45, 7) is 6.69. The zero-order valence-corrected chi connectivity index (χ0v) is 16.0. The summed E-state index contributed by atoms with van der Waals surface area (Å²) in [5, 5.41) is 18.0. The molecule has 144 valence electrons. The number of benzene rings is 1. The van der Waals surface area contributed by atoms with Crippen LogP contribution in [0.4, 0.5) is 16.2 Å². The Balaban J connectivity index is 1.94. The van der Waals surface area contributed by atoms with Gasteiger partial charge in [-0.3, -0.25) is 9.69 Å². The van der Waals surface area contributed by atoms with E-state index >= 15 is 0 Å². The van der Waals surface area contributed by atoms with Gasteiger partial charge in [-0.1, -0.05) is 19.9 Å². The van der Waals surface area contributed by atoms with E-state index in [1.165, 1.54) is 0 Å². The third-order valence-electron chi connectivity index (χ3n) is 4.60. The highest BCUT2D eigenvalue weighted by Gasteiger charge is 2.29. The van der Waals surface area contributed by atoms with Crippen LogP contribution < -0.4 is 16.0 Å². The van der Waals surface area contributed by atoms with Crippen molar-refractivity contribution in [2.45, 2.75) is 45.7 Å². The molecule has 3 amide bonds. The first-order chi connectivity index (χ1) is 12.3. The number of aliphatic hydroxyl groups is 1. The van der Waals surface area contributed by atoms with Gasteiger partial charge in [0.15, 0.2) is 0 Å². The van der Waals surface area contributed by atoms with Crippen molar-refractivity contribution in [3.8, 4) is 0 Å². The summed E-state index contributed by atoms with van der Waals surface area (Å²) >= 11 is 0. The third kappa shape index (κ3) is 5.71. The fourth-order valence-corrected chi connectivity index (χ4v) is 3.16. The number of likely N-dealkylation sites (N-methyl/N-ethyl adjacent to an activating group) is 1. The highest BCUT2D eigenvalue weighted by Crippen LogP contribution is 2.21. The van der Waals surface area contributed by atoms with Crippen LogP contribution in [-0.2, 0) is 4.79 Å². The maximum Gasteiger partial charge on any atom is 0.319 e. The average Bonchev–Trinajstić information content (AvgIpc) is 2.89. The molecule has 2 atom stereocenters. The molecule has 26 heavy (non-hydrogen) atoms. The number of aryl methyl sites for hydroxylation is 1. The van der Waals surface area contributed by atoms with Crippen LogP contribution in [0.1, 0.15) is 32.3 Å². The maximum absolute atomic E-state index is 12.3. The van der Waals surface area contributed by atoms with Crippen LogP contribution in [0, 0.1) is 12.8 Å². The van der Waals surface area contributed by atoms with Crippen LogP contribution in [0.2, 0.25) is 0 Å². The summed E-state index contributed by atoms with van der Waals surface area (Å²) in [6.07, 6.45) is 1.18. The normalized spacial score (nSPS) is 20.2. The maximum atomic E-state index is 12.3. The van der Waals surface area contributed by atoms with Crippen LogP contribution in [0.3, 0.4) is 0 Å². The fourth-order valence-electron chi connectivity index (χ4n) is 3.16. The SMILES string of the molecule is Cc1ccc(NC(=O)CC(C)C)cc1NC(=O)N[C@@H]1C[C@@H](CO)N(C)C1. The van der Waals surface area contributed by atoms with E-state index < -0.39 is 0 Å². The van der Waals surface area contributed by atoms with Crippen LogP contribution in [0.25, 0.3) is 0 Å². The molecule has 0 saturated carbocycles. The van der Waals surface area contributed by atoms with E-state index in [0.29, 0.717) is 24.3 Å². The molecule has 1 aliphatic heterocycles. The molecule has 7 heteroatoms. The molecule has 1 heterocycles. The minimum absolute atomic E-state index is 0.00591. The van der Waals surface area contributed by atoms with Gasteiger partial charge in [-0.15, -0.1) is 0 Å².